The number of aromatic hydroxyl groups is 1. The molecule has 4 nitrogen and oxygen atoms in total. The predicted molar refractivity (Wildman–Crippen MR) is 79.9 cm³/mol. The highest BCUT2D eigenvalue weighted by Crippen LogP contribution is 2.22. The lowest BCUT2D eigenvalue weighted by atomic mass is 10.1. The molecule has 2 aromatic carbocycles. The molecule has 0 spiro atoms. The van der Waals surface area contributed by atoms with Gasteiger partial charge in [0, 0.05) is 12.2 Å². The molecule has 0 bridgehead atoms. The van der Waals surface area contributed by atoms with Crippen molar-refractivity contribution in [3.63, 3.8) is 0 Å². The minimum Gasteiger partial charge on any atom is -0.507 e. The van der Waals surface area contributed by atoms with Gasteiger partial charge in [0.1, 0.15) is 5.75 Å². The third-order valence-corrected chi connectivity index (χ3v) is 3.18. The van der Waals surface area contributed by atoms with Crippen molar-refractivity contribution in [3.05, 3.63) is 58.7 Å². The number of anilines is 1. The number of aryl methyl sites for hydroxylation is 2. The number of rotatable bonds is 3. The average molecular weight is 270 g/mol. The summed E-state index contributed by atoms with van der Waals surface area (Å²) in [5, 5.41) is 12.6. The van der Waals surface area contributed by atoms with Crippen LogP contribution in [-0.4, -0.2) is 11.0 Å². The number of nitrogens with one attached hydrogen (secondary N) is 1. The third-order valence-electron chi connectivity index (χ3n) is 3.18. The fraction of sp³-hybridized carbons (Fsp3) is 0.188. The first-order valence-corrected chi connectivity index (χ1v) is 6.42. The Morgan fingerprint density at radius 3 is 2.60 bits per heavy atom. The van der Waals surface area contributed by atoms with Crippen molar-refractivity contribution in [2.75, 3.05) is 5.32 Å². The molecule has 1 amide bonds. The first kappa shape index (κ1) is 14.1. The van der Waals surface area contributed by atoms with Gasteiger partial charge in [0.25, 0.3) is 5.91 Å². The van der Waals surface area contributed by atoms with Crippen molar-refractivity contribution in [1.29, 1.82) is 0 Å². The van der Waals surface area contributed by atoms with Crippen LogP contribution in [0.1, 0.15) is 27.0 Å². The van der Waals surface area contributed by atoms with Gasteiger partial charge < -0.3 is 16.2 Å². The van der Waals surface area contributed by atoms with Gasteiger partial charge in [0.15, 0.2) is 0 Å². The highest BCUT2D eigenvalue weighted by molar-refractivity contribution is 6.06. The fourth-order valence-electron chi connectivity index (χ4n) is 1.95. The Labute approximate surface area is 118 Å². The van der Waals surface area contributed by atoms with Crippen LogP contribution in [0.25, 0.3) is 0 Å². The molecule has 0 saturated carbocycles. The molecule has 0 saturated heterocycles. The van der Waals surface area contributed by atoms with Gasteiger partial charge in [-0.15, -0.1) is 0 Å². The van der Waals surface area contributed by atoms with Crippen molar-refractivity contribution in [1.82, 2.24) is 0 Å². The Balaban J connectivity index is 2.27. The Bertz CT molecular complexity index is 651. The van der Waals surface area contributed by atoms with Crippen LogP contribution in [0.5, 0.6) is 5.75 Å². The quantitative estimate of drug-likeness (QED) is 0.802. The molecule has 4 heteroatoms. The maximum Gasteiger partial charge on any atom is 0.259 e. The summed E-state index contributed by atoms with van der Waals surface area (Å²) in [7, 11) is 0. The van der Waals surface area contributed by atoms with Gasteiger partial charge in [-0.3, -0.25) is 4.79 Å². The molecular weight excluding hydrogens is 252 g/mol. The van der Waals surface area contributed by atoms with Gasteiger partial charge in [-0.2, -0.15) is 0 Å². The van der Waals surface area contributed by atoms with Crippen molar-refractivity contribution < 1.29 is 9.90 Å². The van der Waals surface area contributed by atoms with Gasteiger partial charge >= 0.3 is 0 Å². The summed E-state index contributed by atoms with van der Waals surface area (Å²) in [6, 6.07) is 10.7. The highest BCUT2D eigenvalue weighted by atomic mass is 16.3. The lowest BCUT2D eigenvalue weighted by molar-refractivity contribution is 0.102. The lowest BCUT2D eigenvalue weighted by Gasteiger charge is -2.11. The summed E-state index contributed by atoms with van der Waals surface area (Å²) < 4.78 is 0. The van der Waals surface area contributed by atoms with E-state index in [9.17, 15) is 9.90 Å². The summed E-state index contributed by atoms with van der Waals surface area (Å²) in [6.45, 7) is 4.18. The van der Waals surface area contributed by atoms with E-state index in [0.717, 1.165) is 16.7 Å². The lowest BCUT2D eigenvalue weighted by Crippen LogP contribution is -2.13. The summed E-state index contributed by atoms with van der Waals surface area (Å²) in [5.74, 6) is -0.352. The Kier molecular flexibility index (Phi) is 4.05. The number of amides is 1. The van der Waals surface area contributed by atoms with E-state index in [1.165, 1.54) is 0 Å². The SMILES string of the molecule is Cc1ccc(C(=O)Nc2cc(CN)ccc2C)c(O)c1. The molecule has 0 aliphatic carbocycles. The van der Waals surface area contributed by atoms with Crippen LogP contribution in [-0.2, 0) is 6.54 Å². The maximum absolute atomic E-state index is 12.2. The average Bonchev–Trinajstić information content (AvgIpc) is 2.41. The third kappa shape index (κ3) is 2.97. The molecule has 0 fully saturated rings. The zero-order chi connectivity index (χ0) is 14.7. The van der Waals surface area contributed by atoms with E-state index in [1.54, 1.807) is 18.2 Å². The van der Waals surface area contributed by atoms with Gasteiger partial charge in [-0.25, -0.2) is 0 Å². The van der Waals surface area contributed by atoms with Crippen molar-refractivity contribution >= 4 is 11.6 Å². The summed E-state index contributed by atoms with van der Waals surface area (Å²) in [4.78, 5) is 12.2. The van der Waals surface area contributed by atoms with E-state index in [4.69, 9.17) is 5.73 Å². The number of phenols is 1. The Morgan fingerprint density at radius 2 is 1.95 bits per heavy atom. The van der Waals surface area contributed by atoms with Crippen LogP contribution in [0.4, 0.5) is 5.69 Å². The van der Waals surface area contributed by atoms with Gasteiger partial charge in [0.05, 0.1) is 5.56 Å². The molecular formula is C16H18N2O2. The molecule has 0 heterocycles. The van der Waals surface area contributed by atoms with Crippen LogP contribution in [0.3, 0.4) is 0 Å². The molecule has 0 atom stereocenters. The molecule has 20 heavy (non-hydrogen) atoms. The van der Waals surface area contributed by atoms with E-state index in [-0.39, 0.29) is 17.2 Å². The number of hydrogen-bond donors (Lipinski definition) is 3. The molecule has 2 aromatic rings. The minimum atomic E-state index is -0.334. The second-order valence-electron chi connectivity index (χ2n) is 4.83. The number of benzene rings is 2. The van der Waals surface area contributed by atoms with Crippen molar-refractivity contribution in [3.8, 4) is 5.75 Å². The second-order valence-corrected chi connectivity index (χ2v) is 4.83. The Hall–Kier alpha value is -2.33. The van der Waals surface area contributed by atoms with Crippen LogP contribution < -0.4 is 11.1 Å². The van der Waals surface area contributed by atoms with Crippen LogP contribution in [0.15, 0.2) is 36.4 Å². The van der Waals surface area contributed by atoms with Gasteiger partial charge in [0.2, 0.25) is 0 Å². The van der Waals surface area contributed by atoms with Crippen LogP contribution in [0.2, 0.25) is 0 Å². The monoisotopic (exact) mass is 270 g/mol. The molecule has 0 aliphatic rings. The standard InChI is InChI=1S/C16H18N2O2/c1-10-3-6-13(15(19)7-10)16(20)18-14-8-12(9-17)5-4-11(14)2/h3-8,19H,9,17H2,1-2H3,(H,18,20). The van der Waals surface area contributed by atoms with E-state index in [2.05, 4.69) is 5.32 Å². The number of carbonyl (C=O) groups excluding carboxylic acids is 1. The summed E-state index contributed by atoms with van der Waals surface area (Å²) in [5.41, 5.74) is 9.36. The number of nitrogens with two attached hydrogens (primary N) is 1. The number of carbonyl (C=O) groups is 1. The first-order valence-electron chi connectivity index (χ1n) is 6.42. The molecule has 0 radical (unpaired) electrons. The van der Waals surface area contributed by atoms with Gasteiger partial charge in [-0.05, 0) is 48.7 Å². The minimum absolute atomic E-state index is 0.0184. The fourth-order valence-corrected chi connectivity index (χ4v) is 1.95. The van der Waals surface area contributed by atoms with Gasteiger partial charge in [-0.1, -0.05) is 18.2 Å². The van der Waals surface area contributed by atoms with Crippen LogP contribution in [0, 0.1) is 13.8 Å². The zero-order valence-electron chi connectivity index (χ0n) is 11.6. The molecule has 4 N–H and O–H groups in total. The highest BCUT2D eigenvalue weighted by Gasteiger charge is 2.12. The van der Waals surface area contributed by atoms with E-state index >= 15 is 0 Å². The van der Waals surface area contributed by atoms with Crippen molar-refractivity contribution in [2.45, 2.75) is 20.4 Å². The van der Waals surface area contributed by atoms with E-state index in [0.29, 0.717) is 12.2 Å². The molecule has 0 unspecified atom stereocenters. The smallest absolute Gasteiger partial charge is 0.259 e. The topological polar surface area (TPSA) is 75.4 Å². The molecule has 0 aliphatic heterocycles. The summed E-state index contributed by atoms with van der Waals surface area (Å²) in [6.07, 6.45) is 0. The van der Waals surface area contributed by atoms with Crippen LogP contribution >= 0.6 is 0 Å². The molecule has 2 rings (SSSR count). The molecule has 0 aromatic heterocycles. The maximum atomic E-state index is 12.2. The first-order chi connectivity index (χ1) is 9.51. The Morgan fingerprint density at radius 1 is 1.20 bits per heavy atom. The number of phenolic OH excluding ortho intramolecular Hbond substituents is 1. The van der Waals surface area contributed by atoms with E-state index < -0.39 is 0 Å². The largest absolute Gasteiger partial charge is 0.507 e. The number of hydrogen-bond acceptors (Lipinski definition) is 3. The van der Waals surface area contributed by atoms with E-state index in [1.807, 2.05) is 32.0 Å². The zero-order valence-corrected chi connectivity index (χ0v) is 11.6. The normalized spacial score (nSPS) is 10.3. The predicted octanol–water partition coefficient (Wildman–Crippen LogP) is 2.72. The summed E-state index contributed by atoms with van der Waals surface area (Å²) >= 11 is 0. The van der Waals surface area contributed by atoms with Crippen molar-refractivity contribution in [2.24, 2.45) is 5.73 Å². The second kappa shape index (κ2) is 5.75. The molecule has 104 valence electrons.